The van der Waals surface area contributed by atoms with Crippen molar-refractivity contribution in [1.29, 1.82) is 0 Å². The number of nitrogens with one attached hydrogen (secondary N) is 1. The van der Waals surface area contributed by atoms with E-state index < -0.39 is 30.4 Å². The van der Waals surface area contributed by atoms with Gasteiger partial charge in [0.2, 0.25) is 5.78 Å². The fourth-order valence-corrected chi connectivity index (χ4v) is 2.92. The number of methoxy groups -OCH3 is 2. The summed E-state index contributed by atoms with van der Waals surface area (Å²) in [7, 11) is 2.89. The Kier molecular flexibility index (Phi) is 7.85. The molecule has 2 rings (SSSR count). The van der Waals surface area contributed by atoms with Gasteiger partial charge in [0.25, 0.3) is 0 Å². The molecular weight excluding hydrogens is 400 g/mol. The molecule has 2 aromatic rings. The minimum absolute atomic E-state index is 0.220. The molecule has 0 fully saturated rings. The third-order valence-corrected chi connectivity index (χ3v) is 4.38. The number of hydrogen-bond donors (Lipinski definition) is 2. The summed E-state index contributed by atoms with van der Waals surface area (Å²) < 4.78 is 15.3. The molecule has 0 aliphatic heterocycles. The van der Waals surface area contributed by atoms with Gasteiger partial charge in [-0.05, 0) is 29.8 Å². The van der Waals surface area contributed by atoms with E-state index in [-0.39, 0.29) is 12.0 Å². The average molecular weight is 421 g/mol. The first-order valence-corrected chi connectivity index (χ1v) is 8.94. The minimum Gasteiger partial charge on any atom is -0.497 e. The Morgan fingerprint density at radius 3 is 2.45 bits per heavy atom. The normalized spacial score (nSPS) is 11.3. The van der Waals surface area contributed by atoms with Gasteiger partial charge in [-0.1, -0.05) is 29.8 Å². The molecule has 0 saturated heterocycles. The van der Waals surface area contributed by atoms with Crippen LogP contribution in [0, 0.1) is 0 Å². The summed E-state index contributed by atoms with van der Waals surface area (Å²) in [6, 6.07) is 9.81. The summed E-state index contributed by atoms with van der Waals surface area (Å²) in [4.78, 5) is 36.0. The Labute approximate surface area is 172 Å². The highest BCUT2D eigenvalue weighted by Gasteiger charge is 2.22. The monoisotopic (exact) mass is 420 g/mol. The Hall–Kier alpha value is -3.26. The molecule has 8 nitrogen and oxygen atoms in total. The first-order valence-electron chi connectivity index (χ1n) is 8.57. The smallest absolute Gasteiger partial charge is 0.312 e. The molecule has 0 radical (unpaired) electrons. The zero-order chi connectivity index (χ0) is 21.4. The number of amides is 2. The third-order valence-electron chi connectivity index (χ3n) is 4.04. The van der Waals surface area contributed by atoms with Crippen LogP contribution in [0.5, 0.6) is 11.5 Å². The maximum absolute atomic E-state index is 12.5. The second kappa shape index (κ2) is 10.3. The lowest BCUT2D eigenvalue weighted by molar-refractivity contribution is -0.143. The average Bonchev–Trinajstić information content (AvgIpc) is 2.71. The van der Waals surface area contributed by atoms with Crippen LogP contribution in [0.25, 0.3) is 0 Å². The van der Waals surface area contributed by atoms with Crippen LogP contribution in [0.15, 0.2) is 42.5 Å². The molecule has 0 spiro atoms. The van der Waals surface area contributed by atoms with Crippen molar-refractivity contribution >= 4 is 29.4 Å². The lowest BCUT2D eigenvalue weighted by Crippen LogP contribution is -2.35. The molecule has 0 aliphatic rings. The lowest BCUT2D eigenvalue weighted by atomic mass is 10.0. The summed E-state index contributed by atoms with van der Waals surface area (Å²) in [6.45, 7) is -0.506. The zero-order valence-electron chi connectivity index (χ0n) is 15.9. The Balaban J connectivity index is 2.06. The predicted octanol–water partition coefficient (Wildman–Crippen LogP) is 2.88. The topological polar surface area (TPSA) is 117 Å². The molecule has 0 unspecified atom stereocenters. The fraction of sp³-hybridized carbons (Fsp3) is 0.250. The van der Waals surface area contributed by atoms with Crippen molar-refractivity contribution in [1.82, 2.24) is 5.32 Å². The summed E-state index contributed by atoms with van der Waals surface area (Å²) in [6.07, 6.45) is -0.255. The number of hydrogen-bond acceptors (Lipinski definition) is 6. The fourth-order valence-electron chi connectivity index (χ4n) is 2.65. The molecule has 1 atom stereocenters. The van der Waals surface area contributed by atoms with E-state index in [4.69, 9.17) is 31.5 Å². The number of benzene rings is 2. The standard InChI is InChI=1S/C20H21ClN2O6/c1-27-12-7-8-18(28-2)14(9-12)17(24)11-29-19(25)10-16(23-20(22)26)13-5-3-4-6-15(13)21/h3-9,16H,10-11H2,1-2H3,(H3,22,23,26)/t16-/m1/s1. The molecule has 29 heavy (non-hydrogen) atoms. The minimum atomic E-state index is -0.820. The molecule has 2 aromatic carbocycles. The van der Waals surface area contributed by atoms with Crippen LogP contribution in [0.4, 0.5) is 4.79 Å². The molecule has 0 saturated carbocycles. The van der Waals surface area contributed by atoms with Crippen molar-refractivity contribution in [3.63, 3.8) is 0 Å². The number of ether oxygens (including phenoxy) is 3. The molecule has 0 aromatic heterocycles. The highest BCUT2D eigenvalue weighted by molar-refractivity contribution is 6.31. The summed E-state index contributed by atoms with van der Waals surface area (Å²) in [5.74, 6) is -0.383. The third kappa shape index (κ3) is 6.11. The van der Waals surface area contributed by atoms with Gasteiger partial charge in [-0.2, -0.15) is 0 Å². The van der Waals surface area contributed by atoms with Crippen LogP contribution < -0.4 is 20.5 Å². The van der Waals surface area contributed by atoms with Gasteiger partial charge in [-0.15, -0.1) is 0 Å². The van der Waals surface area contributed by atoms with Crippen molar-refractivity contribution in [2.24, 2.45) is 5.73 Å². The van der Waals surface area contributed by atoms with Crippen LogP contribution in [0.2, 0.25) is 5.02 Å². The number of Topliss-reactive ketones (excluding diaryl/α,β-unsaturated/α-hetero) is 1. The summed E-state index contributed by atoms with van der Waals surface area (Å²) in [5.41, 5.74) is 5.91. The number of primary amides is 1. The largest absolute Gasteiger partial charge is 0.497 e. The highest BCUT2D eigenvalue weighted by Crippen LogP contribution is 2.26. The van der Waals surface area contributed by atoms with Crippen LogP contribution in [0.1, 0.15) is 28.4 Å². The van der Waals surface area contributed by atoms with E-state index in [1.54, 1.807) is 36.4 Å². The van der Waals surface area contributed by atoms with Gasteiger partial charge in [0.05, 0.1) is 32.2 Å². The SMILES string of the molecule is COc1ccc(OC)c(C(=O)COC(=O)C[C@@H](NC(N)=O)c2ccccc2Cl)c1. The molecule has 2 amide bonds. The van der Waals surface area contributed by atoms with Gasteiger partial charge < -0.3 is 25.3 Å². The first-order chi connectivity index (χ1) is 13.8. The highest BCUT2D eigenvalue weighted by atomic mass is 35.5. The first kappa shape index (κ1) is 22.0. The number of rotatable bonds is 9. The van der Waals surface area contributed by atoms with Crippen LogP contribution >= 0.6 is 11.6 Å². The number of esters is 1. The molecule has 0 heterocycles. The number of urea groups is 1. The van der Waals surface area contributed by atoms with E-state index in [0.717, 1.165) is 0 Å². The van der Waals surface area contributed by atoms with Crippen LogP contribution in [-0.2, 0) is 9.53 Å². The second-order valence-corrected chi connectivity index (χ2v) is 6.34. The molecule has 9 heteroatoms. The maximum Gasteiger partial charge on any atom is 0.312 e. The van der Waals surface area contributed by atoms with E-state index in [2.05, 4.69) is 5.32 Å². The maximum atomic E-state index is 12.5. The van der Waals surface area contributed by atoms with E-state index in [1.165, 1.54) is 20.3 Å². The van der Waals surface area contributed by atoms with E-state index >= 15 is 0 Å². The van der Waals surface area contributed by atoms with Crippen molar-refractivity contribution < 1.29 is 28.6 Å². The van der Waals surface area contributed by atoms with E-state index in [9.17, 15) is 14.4 Å². The Bertz CT molecular complexity index is 902. The quantitative estimate of drug-likeness (QED) is 0.476. The lowest BCUT2D eigenvalue weighted by Gasteiger charge is -2.18. The van der Waals surface area contributed by atoms with Gasteiger partial charge in [0.15, 0.2) is 6.61 Å². The van der Waals surface area contributed by atoms with Crippen molar-refractivity contribution in [2.45, 2.75) is 12.5 Å². The van der Waals surface area contributed by atoms with Crippen molar-refractivity contribution in [3.8, 4) is 11.5 Å². The molecular formula is C20H21ClN2O6. The number of nitrogens with two attached hydrogens (primary N) is 1. The number of halogens is 1. The van der Waals surface area contributed by atoms with Crippen LogP contribution in [-0.4, -0.2) is 38.6 Å². The van der Waals surface area contributed by atoms with Crippen molar-refractivity contribution in [3.05, 3.63) is 58.6 Å². The van der Waals surface area contributed by atoms with Gasteiger partial charge in [0.1, 0.15) is 11.5 Å². The Morgan fingerprint density at radius 1 is 1.10 bits per heavy atom. The van der Waals surface area contributed by atoms with Gasteiger partial charge in [0, 0.05) is 5.02 Å². The van der Waals surface area contributed by atoms with E-state index in [1.807, 2.05) is 0 Å². The molecule has 0 bridgehead atoms. The van der Waals surface area contributed by atoms with Gasteiger partial charge in [-0.3, -0.25) is 9.59 Å². The van der Waals surface area contributed by atoms with Gasteiger partial charge >= 0.3 is 12.0 Å². The molecule has 3 N–H and O–H groups in total. The van der Waals surface area contributed by atoms with E-state index in [0.29, 0.717) is 22.1 Å². The Morgan fingerprint density at radius 2 is 1.83 bits per heavy atom. The van der Waals surface area contributed by atoms with Crippen molar-refractivity contribution in [2.75, 3.05) is 20.8 Å². The molecule has 0 aliphatic carbocycles. The zero-order valence-corrected chi connectivity index (χ0v) is 16.7. The number of carbonyl (C=O) groups excluding carboxylic acids is 3. The number of carbonyl (C=O) groups is 3. The van der Waals surface area contributed by atoms with Crippen LogP contribution in [0.3, 0.4) is 0 Å². The van der Waals surface area contributed by atoms with Gasteiger partial charge in [-0.25, -0.2) is 4.79 Å². The summed E-state index contributed by atoms with van der Waals surface area (Å²) in [5, 5.41) is 2.81. The predicted molar refractivity (Wildman–Crippen MR) is 106 cm³/mol. The molecule has 154 valence electrons. The second-order valence-electron chi connectivity index (χ2n) is 5.94. The summed E-state index contributed by atoms with van der Waals surface area (Å²) >= 11 is 6.13. The number of ketones is 1.